The van der Waals surface area contributed by atoms with Crippen LogP contribution in [0.4, 0.5) is 13.2 Å². The molecular formula is C20H18F3N3O. The Bertz CT molecular complexity index is 870. The zero-order chi connectivity index (χ0) is 19.3. The van der Waals surface area contributed by atoms with E-state index in [1.807, 2.05) is 24.4 Å². The molecule has 0 unspecified atom stereocenters. The summed E-state index contributed by atoms with van der Waals surface area (Å²) in [6.45, 7) is 0.974. The van der Waals surface area contributed by atoms with Crippen LogP contribution in [-0.2, 0) is 19.1 Å². The number of nitrogens with one attached hydrogen (secondary N) is 1. The third-order valence-corrected chi connectivity index (χ3v) is 4.10. The second-order valence-corrected chi connectivity index (χ2v) is 6.10. The lowest BCUT2D eigenvalue weighted by Crippen LogP contribution is -2.25. The molecule has 0 bridgehead atoms. The minimum absolute atomic E-state index is 0.215. The second kappa shape index (κ2) is 8.07. The molecule has 3 rings (SSSR count). The molecule has 0 saturated heterocycles. The van der Waals surface area contributed by atoms with Gasteiger partial charge in [0.1, 0.15) is 0 Å². The molecule has 0 aliphatic carbocycles. The van der Waals surface area contributed by atoms with E-state index >= 15 is 0 Å². The quantitative estimate of drug-likeness (QED) is 0.712. The summed E-state index contributed by atoms with van der Waals surface area (Å²) in [6.07, 6.45) is -0.308. The molecule has 0 spiro atoms. The van der Waals surface area contributed by atoms with Gasteiger partial charge in [0.05, 0.1) is 12.1 Å². The largest absolute Gasteiger partial charge is 0.416 e. The van der Waals surface area contributed by atoms with Crippen LogP contribution in [0.3, 0.4) is 0 Å². The molecule has 27 heavy (non-hydrogen) atoms. The van der Waals surface area contributed by atoms with Crippen molar-refractivity contribution >= 4 is 5.91 Å². The normalized spacial score (nSPS) is 11.4. The van der Waals surface area contributed by atoms with Crippen molar-refractivity contribution < 1.29 is 18.0 Å². The molecule has 3 aromatic rings. The fraction of sp³-hybridized carbons (Fsp3) is 0.200. The number of amides is 1. The molecule has 0 radical (unpaired) electrons. The first kappa shape index (κ1) is 18.7. The molecule has 0 atom stereocenters. The summed E-state index contributed by atoms with van der Waals surface area (Å²) in [7, 11) is 0. The first-order chi connectivity index (χ1) is 12.9. The summed E-state index contributed by atoms with van der Waals surface area (Å²) in [6, 6.07) is 14.0. The van der Waals surface area contributed by atoms with Gasteiger partial charge < -0.3 is 5.32 Å². The maximum absolute atomic E-state index is 12.5. The van der Waals surface area contributed by atoms with E-state index in [2.05, 4.69) is 10.4 Å². The van der Waals surface area contributed by atoms with Gasteiger partial charge in [0.15, 0.2) is 0 Å². The van der Waals surface area contributed by atoms with Crippen LogP contribution < -0.4 is 5.32 Å². The van der Waals surface area contributed by atoms with E-state index in [0.29, 0.717) is 25.1 Å². The van der Waals surface area contributed by atoms with Gasteiger partial charge in [-0.3, -0.25) is 9.48 Å². The average Bonchev–Trinajstić information content (AvgIpc) is 3.15. The van der Waals surface area contributed by atoms with Gasteiger partial charge >= 0.3 is 6.18 Å². The molecule has 7 heteroatoms. The molecule has 0 saturated carbocycles. The number of hydrogen-bond donors (Lipinski definition) is 1. The summed E-state index contributed by atoms with van der Waals surface area (Å²) in [5.74, 6) is -0.215. The molecule has 1 amide bonds. The van der Waals surface area contributed by atoms with Gasteiger partial charge in [-0.05, 0) is 47.9 Å². The molecule has 1 aromatic heterocycles. The van der Waals surface area contributed by atoms with E-state index < -0.39 is 11.7 Å². The van der Waals surface area contributed by atoms with Crippen molar-refractivity contribution in [3.8, 4) is 0 Å². The van der Waals surface area contributed by atoms with E-state index in [4.69, 9.17) is 0 Å². The van der Waals surface area contributed by atoms with Gasteiger partial charge in [-0.15, -0.1) is 0 Å². The number of halogens is 3. The van der Waals surface area contributed by atoms with Crippen molar-refractivity contribution in [3.63, 3.8) is 0 Å². The predicted molar refractivity (Wildman–Crippen MR) is 95.3 cm³/mol. The van der Waals surface area contributed by atoms with Crippen LogP contribution in [0.15, 0.2) is 67.0 Å². The molecule has 140 valence electrons. The number of carbonyl (C=O) groups is 1. The van der Waals surface area contributed by atoms with Crippen LogP contribution in [-0.4, -0.2) is 22.2 Å². The van der Waals surface area contributed by atoms with E-state index in [1.54, 1.807) is 23.0 Å². The highest BCUT2D eigenvalue weighted by atomic mass is 19.4. The SMILES string of the molecule is O=C(NCCc1ccc(C(F)(F)F)cc1)c1ccc(Cn2cccn2)cc1. The first-order valence-electron chi connectivity index (χ1n) is 8.42. The molecule has 1 heterocycles. The highest BCUT2D eigenvalue weighted by Gasteiger charge is 2.29. The average molecular weight is 373 g/mol. The third kappa shape index (κ3) is 5.20. The third-order valence-electron chi connectivity index (χ3n) is 4.10. The van der Waals surface area contributed by atoms with Crippen molar-refractivity contribution in [1.29, 1.82) is 0 Å². The first-order valence-corrected chi connectivity index (χ1v) is 8.42. The Hall–Kier alpha value is -3.09. The Morgan fingerprint density at radius 2 is 1.67 bits per heavy atom. The van der Waals surface area contributed by atoms with Crippen molar-refractivity contribution in [1.82, 2.24) is 15.1 Å². The van der Waals surface area contributed by atoms with Gasteiger partial charge in [0.25, 0.3) is 5.91 Å². The van der Waals surface area contributed by atoms with Gasteiger partial charge in [-0.1, -0.05) is 24.3 Å². The number of alkyl halides is 3. The van der Waals surface area contributed by atoms with Crippen LogP contribution in [0.1, 0.15) is 27.0 Å². The van der Waals surface area contributed by atoms with E-state index in [0.717, 1.165) is 23.3 Å². The van der Waals surface area contributed by atoms with Crippen molar-refractivity contribution in [2.75, 3.05) is 6.54 Å². The van der Waals surface area contributed by atoms with Crippen LogP contribution in [0.5, 0.6) is 0 Å². The minimum atomic E-state index is -4.34. The van der Waals surface area contributed by atoms with E-state index in [-0.39, 0.29) is 5.91 Å². The maximum Gasteiger partial charge on any atom is 0.416 e. The lowest BCUT2D eigenvalue weighted by atomic mass is 10.1. The van der Waals surface area contributed by atoms with Crippen molar-refractivity contribution in [2.24, 2.45) is 0 Å². The van der Waals surface area contributed by atoms with Crippen LogP contribution in [0, 0.1) is 0 Å². The lowest BCUT2D eigenvalue weighted by Gasteiger charge is -2.09. The fourth-order valence-corrected chi connectivity index (χ4v) is 2.63. The number of rotatable bonds is 6. The van der Waals surface area contributed by atoms with Gasteiger partial charge in [-0.25, -0.2) is 0 Å². The molecule has 2 aromatic carbocycles. The van der Waals surface area contributed by atoms with Gasteiger partial charge in [-0.2, -0.15) is 18.3 Å². The highest BCUT2D eigenvalue weighted by molar-refractivity contribution is 5.94. The summed E-state index contributed by atoms with van der Waals surface area (Å²) in [5, 5.41) is 6.91. The molecule has 0 aliphatic rings. The zero-order valence-electron chi connectivity index (χ0n) is 14.4. The second-order valence-electron chi connectivity index (χ2n) is 6.10. The number of carbonyl (C=O) groups excluding carboxylic acids is 1. The summed E-state index contributed by atoms with van der Waals surface area (Å²) in [4.78, 5) is 12.2. The van der Waals surface area contributed by atoms with Crippen LogP contribution in [0.25, 0.3) is 0 Å². The van der Waals surface area contributed by atoms with E-state index in [9.17, 15) is 18.0 Å². The Kier molecular flexibility index (Phi) is 5.59. The lowest BCUT2D eigenvalue weighted by molar-refractivity contribution is -0.137. The minimum Gasteiger partial charge on any atom is -0.352 e. The maximum atomic E-state index is 12.5. The number of hydrogen-bond acceptors (Lipinski definition) is 2. The van der Waals surface area contributed by atoms with Gasteiger partial charge in [0.2, 0.25) is 0 Å². The molecular weight excluding hydrogens is 355 g/mol. The standard InChI is InChI=1S/C20H18F3N3O/c21-20(22,23)18-8-4-15(5-9-18)10-12-24-19(27)17-6-2-16(3-7-17)14-26-13-1-11-25-26/h1-9,11,13H,10,12,14H2,(H,24,27). The zero-order valence-corrected chi connectivity index (χ0v) is 14.4. The smallest absolute Gasteiger partial charge is 0.352 e. The molecule has 4 nitrogen and oxygen atoms in total. The Labute approximate surface area is 154 Å². The summed E-state index contributed by atoms with van der Waals surface area (Å²) < 4.78 is 39.4. The number of aromatic nitrogens is 2. The summed E-state index contributed by atoms with van der Waals surface area (Å²) in [5.41, 5.74) is 1.62. The number of nitrogens with zero attached hydrogens (tertiary/aromatic N) is 2. The Morgan fingerprint density at radius 1 is 1.00 bits per heavy atom. The molecule has 0 aliphatic heterocycles. The topological polar surface area (TPSA) is 46.9 Å². The Balaban J connectivity index is 1.49. The fourth-order valence-electron chi connectivity index (χ4n) is 2.63. The van der Waals surface area contributed by atoms with Crippen LogP contribution in [0.2, 0.25) is 0 Å². The monoisotopic (exact) mass is 373 g/mol. The van der Waals surface area contributed by atoms with Crippen molar-refractivity contribution in [3.05, 3.63) is 89.2 Å². The molecule has 0 fully saturated rings. The number of benzene rings is 2. The highest BCUT2D eigenvalue weighted by Crippen LogP contribution is 2.29. The van der Waals surface area contributed by atoms with Crippen molar-refractivity contribution in [2.45, 2.75) is 19.1 Å². The molecule has 1 N–H and O–H groups in total. The van der Waals surface area contributed by atoms with Crippen LogP contribution >= 0.6 is 0 Å². The van der Waals surface area contributed by atoms with E-state index in [1.165, 1.54) is 12.1 Å². The Morgan fingerprint density at radius 3 is 2.26 bits per heavy atom. The van der Waals surface area contributed by atoms with Gasteiger partial charge in [0, 0.05) is 24.5 Å². The summed E-state index contributed by atoms with van der Waals surface area (Å²) >= 11 is 0. The predicted octanol–water partition coefficient (Wildman–Crippen LogP) is 3.92.